The van der Waals surface area contributed by atoms with E-state index in [0.717, 1.165) is 31.5 Å². The van der Waals surface area contributed by atoms with Crippen molar-refractivity contribution in [3.63, 3.8) is 0 Å². The normalized spacial score (nSPS) is 16.9. The SMILES string of the molecule is CC(C)(C)S(=O)Cc1cccc(NC(=O)c2cn(C3CCNCC3)nn2)c1. The van der Waals surface area contributed by atoms with Gasteiger partial charge in [0.15, 0.2) is 5.69 Å². The molecule has 1 saturated heterocycles. The van der Waals surface area contributed by atoms with Crippen molar-refractivity contribution in [3.8, 4) is 0 Å². The summed E-state index contributed by atoms with van der Waals surface area (Å²) >= 11 is 0. The Hall–Kier alpha value is -2.06. The number of nitrogens with zero attached hydrogens (tertiary/aromatic N) is 3. The molecule has 1 amide bonds. The van der Waals surface area contributed by atoms with Gasteiger partial charge in [0.25, 0.3) is 5.91 Å². The number of hydrogen-bond acceptors (Lipinski definition) is 5. The van der Waals surface area contributed by atoms with E-state index in [2.05, 4.69) is 20.9 Å². The third-order valence-electron chi connectivity index (χ3n) is 4.59. The van der Waals surface area contributed by atoms with Gasteiger partial charge in [-0.3, -0.25) is 9.00 Å². The summed E-state index contributed by atoms with van der Waals surface area (Å²) in [6, 6.07) is 7.75. The number of rotatable bonds is 5. The predicted molar refractivity (Wildman–Crippen MR) is 107 cm³/mol. The van der Waals surface area contributed by atoms with Gasteiger partial charge in [0.2, 0.25) is 0 Å². The lowest BCUT2D eigenvalue weighted by molar-refractivity contribution is 0.102. The topological polar surface area (TPSA) is 88.9 Å². The van der Waals surface area contributed by atoms with Crippen molar-refractivity contribution < 1.29 is 9.00 Å². The molecule has 0 saturated carbocycles. The molecule has 1 aromatic heterocycles. The summed E-state index contributed by atoms with van der Waals surface area (Å²) in [4.78, 5) is 12.5. The van der Waals surface area contributed by atoms with Crippen molar-refractivity contribution in [1.29, 1.82) is 0 Å². The maximum Gasteiger partial charge on any atom is 0.277 e. The van der Waals surface area contributed by atoms with Gasteiger partial charge < -0.3 is 10.6 Å². The molecule has 1 atom stereocenters. The molecule has 0 bridgehead atoms. The van der Waals surface area contributed by atoms with E-state index in [1.807, 2.05) is 45.0 Å². The molecule has 0 spiro atoms. The first-order valence-corrected chi connectivity index (χ1v) is 10.6. The number of benzene rings is 1. The van der Waals surface area contributed by atoms with Crippen LogP contribution in [0.4, 0.5) is 5.69 Å². The summed E-state index contributed by atoms with van der Waals surface area (Å²) in [5.41, 5.74) is 1.90. The van der Waals surface area contributed by atoms with Crippen LogP contribution in [0.2, 0.25) is 0 Å². The third-order valence-corrected chi connectivity index (χ3v) is 6.55. The van der Waals surface area contributed by atoms with Gasteiger partial charge in [-0.15, -0.1) is 5.10 Å². The number of carbonyl (C=O) groups is 1. The minimum Gasteiger partial charge on any atom is -0.321 e. The van der Waals surface area contributed by atoms with E-state index in [4.69, 9.17) is 0 Å². The molecule has 0 aliphatic carbocycles. The van der Waals surface area contributed by atoms with Gasteiger partial charge in [-0.2, -0.15) is 0 Å². The second-order valence-electron chi connectivity index (χ2n) is 7.82. The highest BCUT2D eigenvalue weighted by molar-refractivity contribution is 7.85. The number of nitrogens with one attached hydrogen (secondary N) is 2. The Bertz CT molecular complexity index is 822. The fourth-order valence-corrected chi connectivity index (χ4v) is 3.85. The number of anilines is 1. The maximum atomic E-state index is 12.5. The molecule has 1 aromatic carbocycles. The van der Waals surface area contributed by atoms with Crippen molar-refractivity contribution in [2.75, 3.05) is 18.4 Å². The van der Waals surface area contributed by atoms with Crippen LogP contribution in [-0.4, -0.2) is 42.9 Å². The molecule has 1 aliphatic rings. The van der Waals surface area contributed by atoms with Crippen LogP contribution in [0.5, 0.6) is 0 Å². The highest BCUT2D eigenvalue weighted by Crippen LogP contribution is 2.20. The summed E-state index contributed by atoms with van der Waals surface area (Å²) in [7, 11) is -0.988. The minimum absolute atomic E-state index is 0.271. The standard InChI is InChI=1S/C19H27N5O2S/c1-19(2,3)27(26)13-14-5-4-6-15(11-14)21-18(25)17-12-24(23-22-17)16-7-9-20-10-8-16/h4-6,11-12,16,20H,7-10,13H2,1-3H3,(H,21,25). The van der Waals surface area contributed by atoms with E-state index < -0.39 is 10.8 Å². The fraction of sp³-hybridized carbons (Fsp3) is 0.526. The summed E-state index contributed by atoms with van der Waals surface area (Å²) < 4.78 is 13.9. The summed E-state index contributed by atoms with van der Waals surface area (Å²) in [5.74, 6) is 0.170. The first kappa shape index (κ1) is 19.7. The lowest BCUT2D eigenvalue weighted by Gasteiger charge is -2.22. The second kappa shape index (κ2) is 8.31. The lowest BCUT2D eigenvalue weighted by atomic mass is 10.1. The Labute approximate surface area is 162 Å². The van der Waals surface area contributed by atoms with Gasteiger partial charge in [-0.05, 0) is 64.4 Å². The largest absolute Gasteiger partial charge is 0.321 e. The van der Waals surface area contributed by atoms with Crippen LogP contribution < -0.4 is 10.6 Å². The van der Waals surface area contributed by atoms with Crippen LogP contribution >= 0.6 is 0 Å². The average Bonchev–Trinajstić information content (AvgIpc) is 3.12. The number of aromatic nitrogens is 3. The zero-order valence-electron chi connectivity index (χ0n) is 16.1. The number of hydrogen-bond donors (Lipinski definition) is 2. The van der Waals surface area contributed by atoms with Crippen LogP contribution in [0.25, 0.3) is 0 Å². The van der Waals surface area contributed by atoms with Crippen molar-refractivity contribution >= 4 is 22.4 Å². The quantitative estimate of drug-likeness (QED) is 0.820. The molecule has 27 heavy (non-hydrogen) atoms. The van der Waals surface area contributed by atoms with E-state index in [9.17, 15) is 9.00 Å². The summed E-state index contributed by atoms with van der Waals surface area (Å²) in [6.07, 6.45) is 3.68. The van der Waals surface area contributed by atoms with Gasteiger partial charge in [0.1, 0.15) is 0 Å². The zero-order chi connectivity index (χ0) is 19.4. The lowest BCUT2D eigenvalue weighted by Crippen LogP contribution is -2.29. The van der Waals surface area contributed by atoms with Gasteiger partial charge in [-0.1, -0.05) is 17.3 Å². The van der Waals surface area contributed by atoms with Crippen molar-refractivity contribution in [3.05, 3.63) is 41.7 Å². The highest BCUT2D eigenvalue weighted by Gasteiger charge is 2.20. The number of amides is 1. The van der Waals surface area contributed by atoms with E-state index in [0.29, 0.717) is 17.1 Å². The van der Waals surface area contributed by atoms with Gasteiger partial charge >= 0.3 is 0 Å². The molecule has 2 aromatic rings. The Morgan fingerprint density at radius 3 is 2.78 bits per heavy atom. The van der Waals surface area contributed by atoms with Crippen molar-refractivity contribution in [1.82, 2.24) is 20.3 Å². The van der Waals surface area contributed by atoms with E-state index >= 15 is 0 Å². The van der Waals surface area contributed by atoms with Gasteiger partial charge in [0, 0.05) is 27.0 Å². The van der Waals surface area contributed by atoms with E-state index in [1.165, 1.54) is 0 Å². The molecule has 2 N–H and O–H groups in total. The first-order chi connectivity index (χ1) is 12.8. The van der Waals surface area contributed by atoms with Crippen LogP contribution in [-0.2, 0) is 16.6 Å². The van der Waals surface area contributed by atoms with Crippen LogP contribution in [0.1, 0.15) is 55.7 Å². The fourth-order valence-electron chi connectivity index (χ4n) is 2.93. The van der Waals surface area contributed by atoms with Gasteiger partial charge in [-0.25, -0.2) is 4.68 Å². The summed E-state index contributed by atoms with van der Waals surface area (Å²) in [6.45, 7) is 7.78. The molecule has 1 fully saturated rings. The zero-order valence-corrected chi connectivity index (χ0v) is 16.9. The van der Waals surface area contributed by atoms with Crippen LogP contribution in [0, 0.1) is 0 Å². The van der Waals surface area contributed by atoms with Gasteiger partial charge in [0.05, 0.1) is 12.2 Å². The van der Waals surface area contributed by atoms with Crippen molar-refractivity contribution in [2.24, 2.45) is 0 Å². The Balaban J connectivity index is 1.65. The monoisotopic (exact) mass is 389 g/mol. The molecule has 8 heteroatoms. The van der Waals surface area contributed by atoms with Crippen LogP contribution in [0.3, 0.4) is 0 Å². The maximum absolute atomic E-state index is 12.5. The Kier molecular flexibility index (Phi) is 6.06. The molecule has 2 heterocycles. The average molecular weight is 390 g/mol. The number of piperidine rings is 1. The molecule has 3 rings (SSSR count). The van der Waals surface area contributed by atoms with E-state index in [1.54, 1.807) is 10.9 Å². The molecule has 1 aliphatic heterocycles. The highest BCUT2D eigenvalue weighted by atomic mass is 32.2. The smallest absolute Gasteiger partial charge is 0.277 e. The first-order valence-electron chi connectivity index (χ1n) is 9.24. The third kappa shape index (κ3) is 5.23. The second-order valence-corrected chi connectivity index (χ2v) is 10.0. The molecule has 7 nitrogen and oxygen atoms in total. The summed E-state index contributed by atoms with van der Waals surface area (Å²) in [5, 5.41) is 14.3. The molecule has 1 unspecified atom stereocenters. The molecular weight excluding hydrogens is 362 g/mol. The molecule has 0 radical (unpaired) electrons. The Morgan fingerprint density at radius 2 is 2.07 bits per heavy atom. The Morgan fingerprint density at radius 1 is 1.33 bits per heavy atom. The van der Waals surface area contributed by atoms with Crippen LogP contribution in [0.15, 0.2) is 30.5 Å². The molecular formula is C19H27N5O2S. The predicted octanol–water partition coefficient (Wildman–Crippen LogP) is 2.50. The minimum atomic E-state index is -0.988. The van der Waals surface area contributed by atoms with E-state index in [-0.39, 0.29) is 16.7 Å². The van der Waals surface area contributed by atoms with Crippen molar-refractivity contribution in [2.45, 2.75) is 50.2 Å². The number of carbonyl (C=O) groups excluding carboxylic acids is 1. The molecule has 146 valence electrons.